The van der Waals surface area contributed by atoms with E-state index >= 15 is 0 Å². The van der Waals surface area contributed by atoms with E-state index in [2.05, 4.69) is 32.8 Å². The van der Waals surface area contributed by atoms with Crippen LogP contribution in [0.15, 0.2) is 23.0 Å². The molecule has 3 aliphatic heterocycles. The first-order valence-corrected chi connectivity index (χ1v) is 9.78. The Labute approximate surface area is 146 Å². The number of rotatable bonds is 3. The van der Waals surface area contributed by atoms with Crippen molar-refractivity contribution >= 4 is 17.3 Å². The minimum Gasteiger partial charge on any atom is -0.378 e. The van der Waals surface area contributed by atoms with Gasteiger partial charge in [-0.25, -0.2) is 9.97 Å². The Morgan fingerprint density at radius 3 is 3.00 bits per heavy atom. The van der Waals surface area contributed by atoms with Gasteiger partial charge in [-0.3, -0.25) is 4.90 Å². The van der Waals surface area contributed by atoms with E-state index in [1.54, 1.807) is 11.3 Å². The van der Waals surface area contributed by atoms with Gasteiger partial charge in [0.1, 0.15) is 0 Å². The number of fused-ring (bicyclic) bond motifs is 4. The number of morpholine rings is 1. The van der Waals surface area contributed by atoms with Crippen molar-refractivity contribution in [1.82, 2.24) is 14.9 Å². The summed E-state index contributed by atoms with van der Waals surface area (Å²) in [5.74, 6) is 0.891. The molecule has 126 valence electrons. The standard InChI is InChI=1S/C18H22N4OS/c1-2-17-15-10-19-18(21-4-6-23-7-5-21)20-16(15)9-14(1)22(17)11-13-3-8-24-12-13/h3,8,10,12,14,17H,1-2,4-7,9,11H2/t14-,17-/m1/s1. The Kier molecular flexibility index (Phi) is 3.76. The summed E-state index contributed by atoms with van der Waals surface area (Å²) in [7, 11) is 0. The van der Waals surface area contributed by atoms with Crippen molar-refractivity contribution in [3.63, 3.8) is 0 Å². The van der Waals surface area contributed by atoms with E-state index in [4.69, 9.17) is 14.7 Å². The normalized spacial score (nSPS) is 26.6. The Morgan fingerprint density at radius 1 is 1.25 bits per heavy atom. The van der Waals surface area contributed by atoms with Crippen LogP contribution in [0, 0.1) is 0 Å². The van der Waals surface area contributed by atoms with E-state index in [1.165, 1.54) is 29.7 Å². The maximum Gasteiger partial charge on any atom is 0.225 e. The average molecular weight is 342 g/mol. The first kappa shape index (κ1) is 14.8. The summed E-state index contributed by atoms with van der Waals surface area (Å²) in [5.41, 5.74) is 4.07. The van der Waals surface area contributed by atoms with Crippen LogP contribution >= 0.6 is 11.3 Å². The molecule has 5 nitrogen and oxygen atoms in total. The second kappa shape index (κ2) is 6.10. The number of anilines is 1. The van der Waals surface area contributed by atoms with Crippen LogP contribution < -0.4 is 4.90 Å². The largest absolute Gasteiger partial charge is 0.378 e. The highest BCUT2D eigenvalue weighted by Crippen LogP contribution is 2.44. The van der Waals surface area contributed by atoms with Crippen LogP contribution in [-0.4, -0.2) is 47.2 Å². The molecule has 5 rings (SSSR count). The third-order valence-corrected chi connectivity index (χ3v) is 6.29. The topological polar surface area (TPSA) is 41.5 Å². The van der Waals surface area contributed by atoms with Gasteiger partial charge in [0.05, 0.1) is 18.9 Å². The second-order valence-corrected chi connectivity index (χ2v) is 7.71. The summed E-state index contributed by atoms with van der Waals surface area (Å²) >= 11 is 1.79. The lowest BCUT2D eigenvalue weighted by molar-refractivity contribution is 0.122. The van der Waals surface area contributed by atoms with Crippen LogP contribution in [0.2, 0.25) is 0 Å². The Hall–Kier alpha value is -1.50. The minimum atomic E-state index is 0.498. The molecule has 0 aromatic carbocycles. The molecule has 5 heterocycles. The fourth-order valence-corrected chi connectivity index (χ4v) is 4.98. The van der Waals surface area contributed by atoms with Gasteiger partial charge in [-0.2, -0.15) is 11.3 Å². The maximum absolute atomic E-state index is 5.44. The van der Waals surface area contributed by atoms with Gasteiger partial charge in [0, 0.05) is 49.9 Å². The molecule has 0 saturated carbocycles. The number of nitrogens with zero attached hydrogens (tertiary/aromatic N) is 4. The lowest BCUT2D eigenvalue weighted by atomic mass is 9.99. The lowest BCUT2D eigenvalue weighted by Crippen LogP contribution is -2.40. The summed E-state index contributed by atoms with van der Waals surface area (Å²) in [6.45, 7) is 4.41. The summed E-state index contributed by atoms with van der Waals surface area (Å²) in [6.07, 6.45) is 5.68. The third-order valence-electron chi connectivity index (χ3n) is 5.56. The summed E-state index contributed by atoms with van der Waals surface area (Å²) < 4.78 is 5.44. The molecular formula is C18H22N4OS. The predicted molar refractivity (Wildman–Crippen MR) is 94.4 cm³/mol. The fourth-order valence-electron chi connectivity index (χ4n) is 4.32. The molecule has 0 amide bonds. The molecule has 0 unspecified atom stereocenters. The maximum atomic E-state index is 5.44. The van der Waals surface area contributed by atoms with E-state index in [0.717, 1.165) is 45.2 Å². The van der Waals surface area contributed by atoms with Crippen molar-refractivity contribution in [3.8, 4) is 0 Å². The molecule has 2 atom stereocenters. The Bertz CT molecular complexity index is 714. The molecule has 3 aliphatic rings. The molecule has 0 N–H and O–H groups in total. The van der Waals surface area contributed by atoms with Gasteiger partial charge in [-0.05, 0) is 35.2 Å². The molecule has 2 bridgehead atoms. The monoisotopic (exact) mass is 342 g/mol. The molecule has 24 heavy (non-hydrogen) atoms. The molecular weight excluding hydrogens is 320 g/mol. The lowest BCUT2D eigenvalue weighted by Gasteiger charge is -2.36. The van der Waals surface area contributed by atoms with Gasteiger partial charge in [0.15, 0.2) is 0 Å². The number of hydrogen-bond donors (Lipinski definition) is 0. The fraction of sp³-hybridized carbons (Fsp3) is 0.556. The van der Waals surface area contributed by atoms with Crippen LogP contribution in [-0.2, 0) is 17.7 Å². The van der Waals surface area contributed by atoms with Crippen LogP contribution in [0.1, 0.15) is 35.7 Å². The Balaban J connectivity index is 1.41. The summed E-state index contributed by atoms with van der Waals surface area (Å²) in [4.78, 5) is 14.6. The highest BCUT2D eigenvalue weighted by Gasteiger charge is 2.40. The van der Waals surface area contributed by atoms with Gasteiger partial charge in [0.2, 0.25) is 5.95 Å². The zero-order chi connectivity index (χ0) is 15.9. The van der Waals surface area contributed by atoms with E-state index in [1.807, 2.05) is 0 Å². The van der Waals surface area contributed by atoms with Gasteiger partial charge >= 0.3 is 0 Å². The molecule has 0 spiro atoms. The van der Waals surface area contributed by atoms with Crippen molar-refractivity contribution < 1.29 is 4.74 Å². The highest BCUT2D eigenvalue weighted by molar-refractivity contribution is 7.07. The number of ether oxygens (including phenoxy) is 1. The molecule has 2 aromatic rings. The molecule has 2 saturated heterocycles. The number of thiophene rings is 1. The van der Waals surface area contributed by atoms with E-state index in [9.17, 15) is 0 Å². The first-order chi connectivity index (χ1) is 11.9. The van der Waals surface area contributed by atoms with E-state index < -0.39 is 0 Å². The van der Waals surface area contributed by atoms with Gasteiger partial charge in [-0.15, -0.1) is 0 Å². The van der Waals surface area contributed by atoms with Crippen LogP contribution in [0.3, 0.4) is 0 Å². The predicted octanol–water partition coefficient (Wildman–Crippen LogP) is 2.64. The zero-order valence-corrected chi connectivity index (χ0v) is 14.5. The van der Waals surface area contributed by atoms with Crippen molar-refractivity contribution in [3.05, 3.63) is 39.8 Å². The van der Waals surface area contributed by atoms with Crippen molar-refractivity contribution in [1.29, 1.82) is 0 Å². The molecule has 2 fully saturated rings. The van der Waals surface area contributed by atoms with Crippen molar-refractivity contribution in [2.75, 3.05) is 31.2 Å². The second-order valence-electron chi connectivity index (χ2n) is 6.93. The van der Waals surface area contributed by atoms with Crippen LogP contribution in [0.25, 0.3) is 0 Å². The van der Waals surface area contributed by atoms with Gasteiger partial charge in [0.25, 0.3) is 0 Å². The number of hydrogen-bond acceptors (Lipinski definition) is 6. The van der Waals surface area contributed by atoms with E-state index in [-0.39, 0.29) is 0 Å². The molecule has 6 heteroatoms. The molecule has 2 aromatic heterocycles. The van der Waals surface area contributed by atoms with Crippen molar-refractivity contribution in [2.24, 2.45) is 0 Å². The highest BCUT2D eigenvalue weighted by atomic mass is 32.1. The third kappa shape index (κ3) is 2.53. The average Bonchev–Trinajstić information content (AvgIpc) is 3.23. The zero-order valence-electron chi connectivity index (χ0n) is 13.7. The Morgan fingerprint density at radius 2 is 2.17 bits per heavy atom. The van der Waals surface area contributed by atoms with E-state index in [0.29, 0.717) is 12.1 Å². The van der Waals surface area contributed by atoms with Crippen LogP contribution in [0.4, 0.5) is 5.95 Å². The number of aromatic nitrogens is 2. The minimum absolute atomic E-state index is 0.498. The summed E-state index contributed by atoms with van der Waals surface area (Å²) in [5, 5.41) is 4.44. The smallest absolute Gasteiger partial charge is 0.225 e. The molecule has 0 aliphatic carbocycles. The van der Waals surface area contributed by atoms with Gasteiger partial charge in [-0.1, -0.05) is 0 Å². The summed E-state index contributed by atoms with van der Waals surface area (Å²) in [6, 6.07) is 3.38. The SMILES string of the molecule is c1cc(CN2[C@@H]3CC[C@@H]2c2cnc(N4CCOCC4)nc2C3)cs1. The first-order valence-electron chi connectivity index (χ1n) is 8.84. The van der Waals surface area contributed by atoms with Gasteiger partial charge < -0.3 is 9.64 Å². The quantitative estimate of drug-likeness (QED) is 0.858. The molecule has 0 radical (unpaired) electrons. The van der Waals surface area contributed by atoms with Crippen LogP contribution in [0.5, 0.6) is 0 Å². The van der Waals surface area contributed by atoms with Crippen molar-refractivity contribution in [2.45, 2.75) is 37.9 Å².